The lowest BCUT2D eigenvalue weighted by Crippen LogP contribution is -2.30. The molecule has 0 saturated heterocycles. The Morgan fingerprint density at radius 1 is 1.05 bits per heavy atom. The van der Waals surface area contributed by atoms with Gasteiger partial charge in [0.15, 0.2) is 0 Å². The number of rotatable bonds is 1. The zero-order valence-corrected chi connectivity index (χ0v) is 11.7. The molecule has 0 aliphatic heterocycles. The molecular weight excluding hydrogens is 291 g/mol. The maximum Gasteiger partial charge on any atom is 0.471 e. The molecule has 112 valence electrons. The van der Waals surface area contributed by atoms with Gasteiger partial charge in [-0.3, -0.25) is 4.79 Å². The zero-order chi connectivity index (χ0) is 16.2. The Kier molecular flexibility index (Phi) is 4.52. The van der Waals surface area contributed by atoms with Crippen molar-refractivity contribution < 1.29 is 18.0 Å². The second-order valence-electron chi connectivity index (χ2n) is 4.62. The number of hydrogen-bond acceptors (Lipinski definition) is 1. The van der Waals surface area contributed by atoms with Crippen LogP contribution in [0.4, 0.5) is 18.9 Å². The molecule has 0 atom stereocenters. The van der Waals surface area contributed by atoms with Crippen LogP contribution in [-0.4, -0.2) is 12.1 Å². The van der Waals surface area contributed by atoms with Gasteiger partial charge in [-0.25, -0.2) is 0 Å². The quantitative estimate of drug-likeness (QED) is 0.796. The third-order valence-electron chi connectivity index (χ3n) is 2.79. The molecule has 2 aromatic carbocycles. The van der Waals surface area contributed by atoms with Gasteiger partial charge in [0.1, 0.15) is 0 Å². The molecule has 1 amide bonds. The van der Waals surface area contributed by atoms with Crippen molar-refractivity contribution in [2.24, 2.45) is 0 Å². The topological polar surface area (TPSA) is 29.1 Å². The molecule has 2 rings (SSSR count). The van der Waals surface area contributed by atoms with Gasteiger partial charge in [-0.1, -0.05) is 36.1 Å². The second kappa shape index (κ2) is 6.35. The number of amides is 1. The first-order valence-corrected chi connectivity index (χ1v) is 6.42. The van der Waals surface area contributed by atoms with Crippen molar-refractivity contribution in [3.63, 3.8) is 0 Å². The minimum absolute atomic E-state index is 0.0324. The van der Waals surface area contributed by atoms with Crippen molar-refractivity contribution in [2.75, 3.05) is 5.32 Å². The summed E-state index contributed by atoms with van der Waals surface area (Å²) in [5.41, 5.74) is 2.13. The van der Waals surface area contributed by atoms with Gasteiger partial charge in [-0.05, 0) is 36.8 Å². The van der Waals surface area contributed by atoms with Crippen molar-refractivity contribution in [3.8, 4) is 11.8 Å². The number of nitrogens with one attached hydrogen (secondary N) is 1. The fourth-order valence-electron chi connectivity index (χ4n) is 1.76. The van der Waals surface area contributed by atoms with Crippen LogP contribution in [0.15, 0.2) is 48.5 Å². The fourth-order valence-corrected chi connectivity index (χ4v) is 1.76. The van der Waals surface area contributed by atoms with E-state index in [1.807, 2.05) is 30.4 Å². The third kappa shape index (κ3) is 4.13. The standard InChI is InChI=1S/C17H12F3NO/c1-12-5-4-6-13(11-12)9-10-14-7-2-3-8-15(14)21-16(22)17(18,19)20/h2-8,11H,1H3,(H,21,22). The third-order valence-corrected chi connectivity index (χ3v) is 2.79. The summed E-state index contributed by atoms with van der Waals surface area (Å²) in [6.45, 7) is 1.92. The molecule has 0 heterocycles. The van der Waals surface area contributed by atoms with Gasteiger partial charge in [-0.2, -0.15) is 13.2 Å². The van der Waals surface area contributed by atoms with E-state index in [9.17, 15) is 18.0 Å². The van der Waals surface area contributed by atoms with Gasteiger partial charge >= 0.3 is 12.1 Å². The number of aryl methyl sites for hydroxylation is 1. The van der Waals surface area contributed by atoms with Crippen LogP contribution < -0.4 is 5.32 Å². The van der Waals surface area contributed by atoms with Crippen molar-refractivity contribution in [3.05, 3.63) is 65.2 Å². The van der Waals surface area contributed by atoms with Crippen LogP contribution in [-0.2, 0) is 4.79 Å². The molecule has 0 radical (unpaired) electrons. The molecule has 2 aromatic rings. The van der Waals surface area contributed by atoms with E-state index < -0.39 is 12.1 Å². The monoisotopic (exact) mass is 303 g/mol. The van der Waals surface area contributed by atoms with Crippen molar-refractivity contribution >= 4 is 11.6 Å². The van der Waals surface area contributed by atoms with Crippen LogP contribution in [0.1, 0.15) is 16.7 Å². The van der Waals surface area contributed by atoms with E-state index in [0.29, 0.717) is 5.56 Å². The number of hydrogen-bond donors (Lipinski definition) is 1. The summed E-state index contributed by atoms with van der Waals surface area (Å²) in [5, 5.41) is 1.83. The second-order valence-corrected chi connectivity index (χ2v) is 4.62. The van der Waals surface area contributed by atoms with Crippen LogP contribution >= 0.6 is 0 Å². The van der Waals surface area contributed by atoms with E-state index in [1.54, 1.807) is 18.2 Å². The van der Waals surface area contributed by atoms with Crippen molar-refractivity contribution in [2.45, 2.75) is 13.1 Å². The van der Waals surface area contributed by atoms with Crippen molar-refractivity contribution in [1.29, 1.82) is 0 Å². The number of carbonyl (C=O) groups is 1. The summed E-state index contributed by atoms with van der Waals surface area (Å²) in [5.74, 6) is 3.64. The molecule has 0 unspecified atom stereocenters. The Balaban J connectivity index is 2.28. The average molecular weight is 303 g/mol. The molecule has 0 aromatic heterocycles. The van der Waals surface area contributed by atoms with Gasteiger partial charge in [0.05, 0.1) is 5.69 Å². The summed E-state index contributed by atoms with van der Waals surface area (Å²) >= 11 is 0. The largest absolute Gasteiger partial charge is 0.471 e. The van der Waals surface area contributed by atoms with E-state index in [-0.39, 0.29) is 5.69 Å². The summed E-state index contributed by atoms with van der Waals surface area (Å²) in [4.78, 5) is 11.0. The lowest BCUT2D eigenvalue weighted by molar-refractivity contribution is -0.167. The molecular formula is C17H12F3NO. The molecule has 22 heavy (non-hydrogen) atoms. The van der Waals surface area contributed by atoms with Crippen LogP contribution in [0.2, 0.25) is 0 Å². The summed E-state index contributed by atoms with van der Waals surface area (Å²) in [6, 6.07) is 13.5. The molecule has 0 spiro atoms. The highest BCUT2D eigenvalue weighted by molar-refractivity contribution is 5.96. The zero-order valence-electron chi connectivity index (χ0n) is 11.7. The Labute approximate surface area is 126 Å². The summed E-state index contributed by atoms with van der Waals surface area (Å²) < 4.78 is 36.9. The van der Waals surface area contributed by atoms with Crippen LogP contribution in [0.25, 0.3) is 0 Å². The van der Waals surface area contributed by atoms with E-state index in [0.717, 1.165) is 11.1 Å². The molecule has 2 nitrogen and oxygen atoms in total. The number of halogens is 3. The van der Waals surface area contributed by atoms with Crippen LogP contribution in [0.5, 0.6) is 0 Å². The number of para-hydroxylation sites is 1. The van der Waals surface area contributed by atoms with Gasteiger partial charge in [0.2, 0.25) is 0 Å². The van der Waals surface area contributed by atoms with E-state index in [2.05, 4.69) is 11.8 Å². The van der Waals surface area contributed by atoms with Crippen molar-refractivity contribution in [1.82, 2.24) is 0 Å². The highest BCUT2D eigenvalue weighted by atomic mass is 19.4. The highest BCUT2D eigenvalue weighted by Crippen LogP contribution is 2.20. The first-order valence-electron chi connectivity index (χ1n) is 6.42. The number of anilines is 1. The maximum atomic E-state index is 12.3. The van der Waals surface area contributed by atoms with Gasteiger partial charge < -0.3 is 5.32 Å². The maximum absolute atomic E-state index is 12.3. The molecule has 0 aliphatic rings. The summed E-state index contributed by atoms with van der Waals surface area (Å²) in [7, 11) is 0. The number of alkyl halides is 3. The van der Waals surface area contributed by atoms with Crippen LogP contribution in [0, 0.1) is 18.8 Å². The fraction of sp³-hybridized carbons (Fsp3) is 0.118. The highest BCUT2D eigenvalue weighted by Gasteiger charge is 2.38. The molecule has 0 bridgehead atoms. The van der Waals surface area contributed by atoms with E-state index in [4.69, 9.17) is 0 Å². The van der Waals surface area contributed by atoms with Gasteiger partial charge in [-0.15, -0.1) is 0 Å². The molecule has 5 heteroatoms. The lowest BCUT2D eigenvalue weighted by Gasteiger charge is -2.09. The van der Waals surface area contributed by atoms with Gasteiger partial charge in [0, 0.05) is 11.1 Å². The predicted molar refractivity (Wildman–Crippen MR) is 78.3 cm³/mol. The van der Waals surface area contributed by atoms with E-state index in [1.165, 1.54) is 12.1 Å². The lowest BCUT2D eigenvalue weighted by atomic mass is 10.1. The minimum atomic E-state index is -4.93. The Hall–Kier alpha value is -2.74. The first-order chi connectivity index (χ1) is 10.4. The first kappa shape index (κ1) is 15.6. The van der Waals surface area contributed by atoms with Crippen LogP contribution in [0.3, 0.4) is 0 Å². The molecule has 0 saturated carbocycles. The van der Waals surface area contributed by atoms with E-state index >= 15 is 0 Å². The smallest absolute Gasteiger partial charge is 0.317 e. The molecule has 1 N–H and O–H groups in total. The Morgan fingerprint density at radius 3 is 2.45 bits per heavy atom. The SMILES string of the molecule is Cc1cccc(C#Cc2ccccc2NC(=O)C(F)(F)F)c1. The summed E-state index contributed by atoms with van der Waals surface area (Å²) in [6.07, 6.45) is -4.93. The predicted octanol–water partition coefficient (Wildman–Crippen LogP) is 3.90. The minimum Gasteiger partial charge on any atom is -0.317 e. The Bertz CT molecular complexity index is 754. The Morgan fingerprint density at radius 2 is 1.77 bits per heavy atom. The number of benzene rings is 2. The normalized spacial score (nSPS) is 10.5. The molecule has 0 aliphatic carbocycles. The average Bonchev–Trinajstić information content (AvgIpc) is 2.45. The molecule has 0 fully saturated rings. The van der Waals surface area contributed by atoms with Gasteiger partial charge in [0.25, 0.3) is 0 Å². The number of carbonyl (C=O) groups excluding carboxylic acids is 1.